The maximum Gasteiger partial charge on any atom is 0.339 e. The molecule has 0 fully saturated rings. The van der Waals surface area contributed by atoms with E-state index >= 15 is 0 Å². The number of amides is 1. The molecule has 0 aliphatic rings. The first-order valence-electron chi connectivity index (χ1n) is 8.03. The summed E-state index contributed by atoms with van der Waals surface area (Å²) in [7, 11) is 1.30. The van der Waals surface area contributed by atoms with Gasteiger partial charge < -0.3 is 14.8 Å². The second kappa shape index (κ2) is 9.27. The van der Waals surface area contributed by atoms with Gasteiger partial charge in [0.2, 0.25) is 5.91 Å². The van der Waals surface area contributed by atoms with Crippen LogP contribution in [-0.2, 0) is 9.53 Å². The Morgan fingerprint density at radius 1 is 1.08 bits per heavy atom. The number of esters is 1. The summed E-state index contributed by atoms with van der Waals surface area (Å²) in [5.41, 5.74) is 1.59. The van der Waals surface area contributed by atoms with Crippen LogP contribution in [0.3, 0.4) is 0 Å². The van der Waals surface area contributed by atoms with Crippen LogP contribution in [-0.4, -0.2) is 25.6 Å². The molecule has 25 heavy (non-hydrogen) atoms. The molecule has 0 radical (unpaired) electrons. The van der Waals surface area contributed by atoms with Crippen molar-refractivity contribution in [1.29, 1.82) is 0 Å². The highest BCUT2D eigenvalue weighted by atomic mass is 16.5. The molecule has 2 rings (SSSR count). The van der Waals surface area contributed by atoms with E-state index in [9.17, 15) is 9.59 Å². The molecule has 1 amide bonds. The molecule has 0 heterocycles. The Hall–Kier alpha value is -3.08. The van der Waals surface area contributed by atoms with Gasteiger partial charge >= 0.3 is 5.97 Å². The highest BCUT2D eigenvalue weighted by molar-refractivity contribution is 6.06. The third-order valence-corrected chi connectivity index (χ3v) is 3.37. The smallest absolute Gasteiger partial charge is 0.339 e. The topological polar surface area (TPSA) is 64.6 Å². The van der Waals surface area contributed by atoms with Crippen LogP contribution in [0.2, 0.25) is 0 Å². The summed E-state index contributed by atoms with van der Waals surface area (Å²) in [6.45, 7) is 2.73. The molecule has 5 heteroatoms. The van der Waals surface area contributed by atoms with Crippen molar-refractivity contribution in [1.82, 2.24) is 0 Å². The summed E-state index contributed by atoms with van der Waals surface area (Å²) >= 11 is 0. The summed E-state index contributed by atoms with van der Waals surface area (Å²) < 4.78 is 10.2. The van der Waals surface area contributed by atoms with E-state index in [2.05, 4.69) is 5.32 Å². The van der Waals surface area contributed by atoms with Crippen molar-refractivity contribution in [3.63, 3.8) is 0 Å². The summed E-state index contributed by atoms with van der Waals surface area (Å²) in [6.07, 6.45) is 4.06. The zero-order valence-electron chi connectivity index (χ0n) is 14.3. The molecule has 0 unspecified atom stereocenters. The lowest BCUT2D eigenvalue weighted by Gasteiger charge is -2.07. The van der Waals surface area contributed by atoms with Gasteiger partial charge in [-0.05, 0) is 42.3 Å². The van der Waals surface area contributed by atoms with Gasteiger partial charge in [0, 0.05) is 6.08 Å². The summed E-state index contributed by atoms with van der Waals surface area (Å²) in [4.78, 5) is 23.8. The van der Waals surface area contributed by atoms with Crippen LogP contribution in [0, 0.1) is 0 Å². The number of rotatable bonds is 7. The molecule has 0 aliphatic carbocycles. The van der Waals surface area contributed by atoms with Crippen molar-refractivity contribution in [3.8, 4) is 5.75 Å². The Bertz CT molecular complexity index is 751. The van der Waals surface area contributed by atoms with E-state index in [0.29, 0.717) is 17.9 Å². The molecule has 0 spiro atoms. The molecular weight excluding hydrogens is 318 g/mol. The molecule has 0 aliphatic heterocycles. The first-order chi connectivity index (χ1) is 12.1. The second-order valence-electron chi connectivity index (χ2n) is 5.28. The van der Waals surface area contributed by atoms with Gasteiger partial charge in [0.15, 0.2) is 0 Å². The van der Waals surface area contributed by atoms with E-state index in [4.69, 9.17) is 9.47 Å². The number of nitrogens with one attached hydrogen (secondary N) is 1. The number of anilines is 1. The molecule has 0 bridgehead atoms. The largest absolute Gasteiger partial charge is 0.494 e. The standard InChI is InChI=1S/C20H21NO4/c1-3-14-25-16-11-8-15(9-12-16)10-13-19(22)21-18-7-5-4-6-17(18)20(23)24-2/h4-13H,3,14H2,1-2H3,(H,21,22). The quantitative estimate of drug-likeness (QED) is 0.613. The molecule has 0 aromatic heterocycles. The number of hydrogen-bond donors (Lipinski definition) is 1. The molecule has 0 saturated heterocycles. The highest BCUT2D eigenvalue weighted by Gasteiger charge is 2.11. The zero-order valence-corrected chi connectivity index (χ0v) is 14.3. The Labute approximate surface area is 147 Å². The van der Waals surface area contributed by atoms with Crippen molar-refractivity contribution in [3.05, 3.63) is 65.7 Å². The van der Waals surface area contributed by atoms with Gasteiger partial charge in [0.25, 0.3) is 0 Å². The highest BCUT2D eigenvalue weighted by Crippen LogP contribution is 2.17. The lowest BCUT2D eigenvalue weighted by atomic mass is 10.1. The van der Waals surface area contributed by atoms with Crippen LogP contribution in [0.1, 0.15) is 29.3 Å². The van der Waals surface area contributed by atoms with Crippen molar-refractivity contribution >= 4 is 23.6 Å². The Kier molecular flexibility index (Phi) is 6.77. The predicted molar refractivity (Wildman–Crippen MR) is 97.7 cm³/mol. The van der Waals surface area contributed by atoms with E-state index in [0.717, 1.165) is 17.7 Å². The average Bonchev–Trinajstić information content (AvgIpc) is 2.65. The van der Waals surface area contributed by atoms with Crippen molar-refractivity contribution in [2.24, 2.45) is 0 Å². The maximum absolute atomic E-state index is 12.1. The Balaban J connectivity index is 2.00. The monoisotopic (exact) mass is 339 g/mol. The first-order valence-corrected chi connectivity index (χ1v) is 8.03. The fourth-order valence-corrected chi connectivity index (χ4v) is 2.12. The maximum atomic E-state index is 12.1. The Morgan fingerprint density at radius 2 is 1.80 bits per heavy atom. The third kappa shape index (κ3) is 5.49. The van der Waals surface area contributed by atoms with Gasteiger partial charge in [-0.15, -0.1) is 0 Å². The third-order valence-electron chi connectivity index (χ3n) is 3.37. The van der Waals surface area contributed by atoms with Crippen molar-refractivity contribution in [2.45, 2.75) is 13.3 Å². The predicted octanol–water partition coefficient (Wildman–Crippen LogP) is 3.91. The van der Waals surface area contributed by atoms with Gasteiger partial charge in [0.05, 0.1) is 25.0 Å². The minimum absolute atomic E-state index is 0.309. The van der Waals surface area contributed by atoms with E-state index in [1.165, 1.54) is 13.2 Å². The number of carbonyl (C=O) groups is 2. The van der Waals surface area contributed by atoms with Gasteiger partial charge in [0.1, 0.15) is 5.75 Å². The molecule has 2 aromatic rings. The van der Waals surface area contributed by atoms with Crippen LogP contribution in [0.4, 0.5) is 5.69 Å². The van der Waals surface area contributed by atoms with Crippen LogP contribution >= 0.6 is 0 Å². The second-order valence-corrected chi connectivity index (χ2v) is 5.28. The molecule has 0 atom stereocenters. The van der Waals surface area contributed by atoms with Crippen molar-refractivity contribution in [2.75, 3.05) is 19.0 Å². The summed E-state index contributed by atoms with van der Waals surface area (Å²) in [6, 6.07) is 14.2. The molecule has 1 N–H and O–H groups in total. The number of hydrogen-bond acceptors (Lipinski definition) is 4. The molecule has 2 aromatic carbocycles. The van der Waals surface area contributed by atoms with Crippen molar-refractivity contribution < 1.29 is 19.1 Å². The minimum atomic E-state index is -0.498. The Morgan fingerprint density at radius 3 is 2.48 bits per heavy atom. The lowest BCUT2D eigenvalue weighted by Crippen LogP contribution is -2.12. The lowest BCUT2D eigenvalue weighted by molar-refractivity contribution is -0.111. The van der Waals surface area contributed by atoms with E-state index < -0.39 is 5.97 Å². The fraction of sp³-hybridized carbons (Fsp3) is 0.200. The van der Waals surface area contributed by atoms with E-state index in [1.807, 2.05) is 31.2 Å². The number of benzene rings is 2. The molecule has 0 saturated carbocycles. The number of carbonyl (C=O) groups excluding carboxylic acids is 2. The summed E-state index contributed by atoms with van der Waals surface area (Å²) in [5.74, 6) is -0.0272. The van der Waals surface area contributed by atoms with Crippen LogP contribution in [0.15, 0.2) is 54.6 Å². The number of ether oxygens (including phenoxy) is 2. The molecule has 130 valence electrons. The van der Waals surface area contributed by atoms with Crippen LogP contribution in [0.25, 0.3) is 6.08 Å². The fourth-order valence-electron chi connectivity index (χ4n) is 2.12. The van der Waals surface area contributed by atoms with Crippen LogP contribution < -0.4 is 10.1 Å². The minimum Gasteiger partial charge on any atom is -0.494 e. The normalized spacial score (nSPS) is 10.5. The van der Waals surface area contributed by atoms with Gasteiger partial charge in [-0.2, -0.15) is 0 Å². The van der Waals surface area contributed by atoms with Crippen LogP contribution in [0.5, 0.6) is 5.75 Å². The average molecular weight is 339 g/mol. The molecule has 5 nitrogen and oxygen atoms in total. The van der Waals surface area contributed by atoms with E-state index in [1.54, 1.807) is 30.3 Å². The SMILES string of the molecule is CCCOc1ccc(C=CC(=O)Nc2ccccc2C(=O)OC)cc1. The zero-order chi connectivity index (χ0) is 18.1. The molecular formula is C20H21NO4. The van der Waals surface area contributed by atoms with E-state index in [-0.39, 0.29) is 5.91 Å². The van der Waals surface area contributed by atoms with Gasteiger partial charge in [-0.3, -0.25) is 4.79 Å². The summed E-state index contributed by atoms with van der Waals surface area (Å²) in [5, 5.41) is 2.68. The van der Waals surface area contributed by atoms with Gasteiger partial charge in [-0.1, -0.05) is 31.2 Å². The number of methoxy groups -OCH3 is 1. The first kappa shape index (κ1) is 18.3. The van der Waals surface area contributed by atoms with Gasteiger partial charge in [-0.25, -0.2) is 4.79 Å². The number of para-hydroxylation sites is 1.